The summed E-state index contributed by atoms with van der Waals surface area (Å²) in [6.07, 6.45) is 3.69. The molecule has 4 nitrogen and oxygen atoms in total. The van der Waals surface area contributed by atoms with Crippen LogP contribution in [0.15, 0.2) is 23.1 Å². The minimum atomic E-state index is -0.119. The molecule has 0 bridgehead atoms. The van der Waals surface area contributed by atoms with Crippen LogP contribution >= 0.6 is 0 Å². The fourth-order valence-electron chi connectivity index (χ4n) is 1.66. The number of pyridine rings is 1. The van der Waals surface area contributed by atoms with Crippen molar-refractivity contribution < 1.29 is 5.11 Å². The number of hydrogen-bond acceptors (Lipinski definition) is 3. The van der Waals surface area contributed by atoms with Crippen LogP contribution in [0, 0.1) is 5.41 Å². The highest BCUT2D eigenvalue weighted by molar-refractivity contribution is 5.40. The molecule has 1 aromatic rings. The minimum absolute atomic E-state index is 0.0304. The van der Waals surface area contributed by atoms with Crippen LogP contribution < -0.4 is 10.9 Å². The molecule has 1 heterocycles. The zero-order chi connectivity index (χ0) is 13.6. The largest absolute Gasteiger partial charge is 0.396 e. The van der Waals surface area contributed by atoms with Crippen LogP contribution in [-0.2, 0) is 6.54 Å². The second-order valence-electron chi connectivity index (χ2n) is 5.13. The average molecular weight is 252 g/mol. The highest BCUT2D eigenvalue weighted by atomic mass is 16.3. The molecule has 2 N–H and O–H groups in total. The average Bonchev–Trinajstić information content (AvgIpc) is 2.39. The van der Waals surface area contributed by atoms with Crippen molar-refractivity contribution >= 4 is 5.69 Å². The van der Waals surface area contributed by atoms with E-state index in [-0.39, 0.29) is 17.6 Å². The van der Waals surface area contributed by atoms with Gasteiger partial charge in [0, 0.05) is 30.8 Å². The predicted octanol–water partition coefficient (Wildman–Crippen LogP) is 2.08. The Hall–Kier alpha value is -1.29. The first-order chi connectivity index (χ1) is 8.54. The van der Waals surface area contributed by atoms with Crippen LogP contribution in [-0.4, -0.2) is 22.8 Å². The zero-order valence-electron chi connectivity index (χ0n) is 11.6. The summed E-state index contributed by atoms with van der Waals surface area (Å²) in [5.41, 5.74) is 0.838. The Morgan fingerprint density at radius 3 is 2.67 bits per heavy atom. The summed E-state index contributed by atoms with van der Waals surface area (Å²) in [5.74, 6) is 0. The number of aliphatic hydroxyl groups excluding tert-OH is 1. The molecule has 0 fully saturated rings. The monoisotopic (exact) mass is 252 g/mol. The number of aliphatic hydroxyl groups is 1. The molecule has 0 aliphatic carbocycles. The number of aryl methyl sites for hydroxylation is 1. The van der Waals surface area contributed by atoms with Crippen LogP contribution in [0.3, 0.4) is 0 Å². The van der Waals surface area contributed by atoms with Crippen molar-refractivity contribution in [3.8, 4) is 0 Å². The molecule has 0 amide bonds. The summed E-state index contributed by atoms with van der Waals surface area (Å²) in [7, 11) is 0. The van der Waals surface area contributed by atoms with E-state index in [4.69, 9.17) is 0 Å². The highest BCUT2D eigenvalue weighted by Gasteiger charge is 2.20. The fourth-order valence-corrected chi connectivity index (χ4v) is 1.66. The maximum atomic E-state index is 11.6. The molecule has 4 heteroatoms. The van der Waals surface area contributed by atoms with Crippen LogP contribution in [0.1, 0.15) is 33.6 Å². The number of nitrogens with zero attached hydrogens (tertiary/aromatic N) is 1. The van der Waals surface area contributed by atoms with Crippen molar-refractivity contribution in [1.29, 1.82) is 0 Å². The summed E-state index contributed by atoms with van der Waals surface area (Å²) in [6.45, 7) is 7.75. The van der Waals surface area contributed by atoms with Crippen LogP contribution in [0.5, 0.6) is 0 Å². The van der Waals surface area contributed by atoms with Crippen molar-refractivity contribution in [3.63, 3.8) is 0 Å². The van der Waals surface area contributed by atoms with E-state index in [1.54, 1.807) is 16.7 Å². The lowest BCUT2D eigenvalue weighted by Crippen LogP contribution is -2.30. The molecule has 102 valence electrons. The van der Waals surface area contributed by atoms with E-state index in [0.717, 1.165) is 25.1 Å². The molecule has 1 rings (SSSR count). The maximum absolute atomic E-state index is 11.6. The summed E-state index contributed by atoms with van der Waals surface area (Å²) in [5, 5.41) is 12.6. The van der Waals surface area contributed by atoms with Crippen molar-refractivity contribution in [2.75, 3.05) is 18.5 Å². The lowest BCUT2D eigenvalue weighted by atomic mass is 9.88. The van der Waals surface area contributed by atoms with E-state index in [1.807, 2.05) is 20.0 Å². The molecule has 0 aliphatic heterocycles. The van der Waals surface area contributed by atoms with Crippen LogP contribution in [0.25, 0.3) is 0 Å². The second-order valence-corrected chi connectivity index (χ2v) is 5.13. The van der Waals surface area contributed by atoms with Gasteiger partial charge in [0.2, 0.25) is 0 Å². The summed E-state index contributed by atoms with van der Waals surface area (Å²) in [6, 6.07) is 3.38. The van der Waals surface area contributed by atoms with E-state index in [2.05, 4.69) is 12.2 Å². The standard InChI is InChI=1S/C14H24N2O2/c1-4-8-16-9-12(6-7-13(16)18)15-10-14(3,5-2)11-17/h6-7,9,15,17H,4-5,8,10-11H2,1-3H3. The van der Waals surface area contributed by atoms with Crippen molar-refractivity contribution in [1.82, 2.24) is 4.57 Å². The molecule has 0 aliphatic rings. The first kappa shape index (κ1) is 14.8. The van der Waals surface area contributed by atoms with Crippen LogP contribution in [0.2, 0.25) is 0 Å². The van der Waals surface area contributed by atoms with Gasteiger partial charge in [-0.2, -0.15) is 0 Å². The molecule has 1 atom stereocenters. The van der Waals surface area contributed by atoms with Gasteiger partial charge >= 0.3 is 0 Å². The van der Waals surface area contributed by atoms with Crippen molar-refractivity contribution in [2.45, 2.75) is 40.2 Å². The number of aromatic nitrogens is 1. The van der Waals surface area contributed by atoms with Crippen LogP contribution in [0.4, 0.5) is 5.69 Å². The van der Waals surface area contributed by atoms with Gasteiger partial charge in [0.15, 0.2) is 0 Å². The first-order valence-corrected chi connectivity index (χ1v) is 6.60. The Morgan fingerprint density at radius 1 is 1.39 bits per heavy atom. The van der Waals surface area contributed by atoms with Gasteiger partial charge in [0.25, 0.3) is 5.56 Å². The lowest BCUT2D eigenvalue weighted by molar-refractivity contribution is 0.149. The van der Waals surface area contributed by atoms with Gasteiger partial charge in [-0.05, 0) is 18.9 Å². The SMILES string of the molecule is CCCn1cc(NCC(C)(CC)CO)ccc1=O. The van der Waals surface area contributed by atoms with Gasteiger partial charge in [0.05, 0.1) is 12.3 Å². The number of hydrogen-bond donors (Lipinski definition) is 2. The van der Waals surface area contributed by atoms with E-state index < -0.39 is 0 Å². The number of rotatable bonds is 7. The molecule has 18 heavy (non-hydrogen) atoms. The van der Waals surface area contributed by atoms with Crippen molar-refractivity contribution in [2.24, 2.45) is 5.41 Å². The quantitative estimate of drug-likeness (QED) is 0.781. The first-order valence-electron chi connectivity index (χ1n) is 6.60. The molecular weight excluding hydrogens is 228 g/mol. The highest BCUT2D eigenvalue weighted by Crippen LogP contribution is 2.20. The minimum Gasteiger partial charge on any atom is -0.396 e. The van der Waals surface area contributed by atoms with E-state index >= 15 is 0 Å². The topological polar surface area (TPSA) is 54.3 Å². The Balaban J connectivity index is 2.74. The molecular formula is C14H24N2O2. The van der Waals surface area contributed by atoms with Crippen molar-refractivity contribution in [3.05, 3.63) is 28.7 Å². The Labute approximate surface area is 109 Å². The molecule has 1 unspecified atom stereocenters. The Bertz CT molecular complexity index is 422. The number of anilines is 1. The molecule has 1 aromatic heterocycles. The van der Waals surface area contributed by atoms with Gasteiger partial charge < -0.3 is 15.0 Å². The van der Waals surface area contributed by atoms with Gasteiger partial charge in [0.1, 0.15) is 0 Å². The molecule has 0 saturated carbocycles. The third-order valence-electron chi connectivity index (χ3n) is 3.40. The predicted molar refractivity (Wildman–Crippen MR) is 75.0 cm³/mol. The summed E-state index contributed by atoms with van der Waals surface area (Å²) in [4.78, 5) is 11.6. The Kier molecular flexibility index (Phi) is 5.41. The van der Waals surface area contributed by atoms with Gasteiger partial charge in [-0.25, -0.2) is 0 Å². The van der Waals surface area contributed by atoms with Gasteiger partial charge in [-0.1, -0.05) is 20.8 Å². The Morgan fingerprint density at radius 2 is 2.11 bits per heavy atom. The lowest BCUT2D eigenvalue weighted by Gasteiger charge is -2.26. The fraction of sp³-hybridized carbons (Fsp3) is 0.643. The van der Waals surface area contributed by atoms with Gasteiger partial charge in [-0.15, -0.1) is 0 Å². The number of nitrogens with one attached hydrogen (secondary N) is 1. The van der Waals surface area contributed by atoms with Gasteiger partial charge in [-0.3, -0.25) is 4.79 Å². The smallest absolute Gasteiger partial charge is 0.250 e. The molecule has 0 aromatic carbocycles. The third kappa shape index (κ3) is 3.88. The molecule has 0 spiro atoms. The summed E-state index contributed by atoms with van der Waals surface area (Å²) < 4.78 is 1.71. The zero-order valence-corrected chi connectivity index (χ0v) is 11.6. The molecule has 0 radical (unpaired) electrons. The summed E-state index contributed by atoms with van der Waals surface area (Å²) >= 11 is 0. The van der Waals surface area contributed by atoms with E-state index in [0.29, 0.717) is 6.54 Å². The molecule has 0 saturated heterocycles. The maximum Gasteiger partial charge on any atom is 0.250 e. The normalized spacial score (nSPS) is 14.2. The van der Waals surface area contributed by atoms with E-state index in [9.17, 15) is 9.90 Å². The van der Waals surface area contributed by atoms with E-state index in [1.165, 1.54) is 0 Å². The third-order valence-corrected chi connectivity index (χ3v) is 3.40. The second kappa shape index (κ2) is 6.59.